The smallest absolute Gasteiger partial charge is 0.222 e. The summed E-state index contributed by atoms with van der Waals surface area (Å²) in [6.45, 7) is 6.09. The molecule has 0 spiro atoms. The zero-order valence-electron chi connectivity index (χ0n) is 13.6. The van der Waals surface area contributed by atoms with E-state index >= 15 is 0 Å². The van der Waals surface area contributed by atoms with Crippen molar-refractivity contribution in [2.45, 2.75) is 57.7 Å². The van der Waals surface area contributed by atoms with Crippen LogP contribution in [-0.4, -0.2) is 68.6 Å². The molecule has 0 aromatic carbocycles. The van der Waals surface area contributed by atoms with E-state index in [-0.39, 0.29) is 42.0 Å². The highest BCUT2D eigenvalue weighted by atomic mass is 32.2. The number of hydrogen-bond acceptors (Lipinski definition) is 5. The number of rotatable bonds is 6. The number of likely N-dealkylation sites (tertiary alicyclic amines) is 1. The van der Waals surface area contributed by atoms with Crippen LogP contribution < -0.4 is 5.32 Å². The molecule has 2 fully saturated rings. The van der Waals surface area contributed by atoms with E-state index in [2.05, 4.69) is 10.2 Å². The van der Waals surface area contributed by atoms with Crippen LogP contribution in [0.4, 0.5) is 0 Å². The molecule has 0 aromatic heterocycles. The predicted molar refractivity (Wildman–Crippen MR) is 85.5 cm³/mol. The summed E-state index contributed by atoms with van der Waals surface area (Å²) >= 11 is 0. The number of nitrogens with one attached hydrogen (secondary N) is 1. The van der Waals surface area contributed by atoms with Gasteiger partial charge in [0.2, 0.25) is 5.91 Å². The minimum absolute atomic E-state index is 0.0605. The van der Waals surface area contributed by atoms with E-state index in [0.717, 1.165) is 25.9 Å². The van der Waals surface area contributed by atoms with Gasteiger partial charge in [0, 0.05) is 12.5 Å². The van der Waals surface area contributed by atoms with Crippen molar-refractivity contribution in [2.24, 2.45) is 0 Å². The number of carbonyl (C=O) groups excluding carboxylic acids is 1. The van der Waals surface area contributed by atoms with E-state index in [0.29, 0.717) is 6.61 Å². The van der Waals surface area contributed by atoms with Gasteiger partial charge >= 0.3 is 0 Å². The van der Waals surface area contributed by atoms with Crippen LogP contribution in [0.15, 0.2) is 0 Å². The molecule has 2 aliphatic heterocycles. The van der Waals surface area contributed by atoms with Crippen molar-refractivity contribution in [1.82, 2.24) is 10.2 Å². The second-order valence-corrected chi connectivity index (χ2v) is 8.74. The fraction of sp³-hybridized carbons (Fsp3) is 0.933. The monoisotopic (exact) mass is 332 g/mol. The Morgan fingerprint density at radius 1 is 1.23 bits per heavy atom. The zero-order valence-corrected chi connectivity index (χ0v) is 14.4. The molecular formula is C15H28N2O4S. The first-order chi connectivity index (χ1) is 10.4. The number of carbonyl (C=O) groups is 1. The van der Waals surface area contributed by atoms with Gasteiger partial charge in [0.1, 0.15) is 0 Å². The van der Waals surface area contributed by atoms with E-state index in [1.807, 2.05) is 13.8 Å². The highest BCUT2D eigenvalue weighted by molar-refractivity contribution is 7.91. The molecule has 2 atom stereocenters. The lowest BCUT2D eigenvalue weighted by Crippen LogP contribution is -2.52. The van der Waals surface area contributed by atoms with Gasteiger partial charge < -0.3 is 10.1 Å². The van der Waals surface area contributed by atoms with Gasteiger partial charge in [0.25, 0.3) is 0 Å². The minimum Gasteiger partial charge on any atom is -0.378 e. The highest BCUT2D eigenvalue weighted by Gasteiger charge is 2.41. The van der Waals surface area contributed by atoms with Crippen LogP contribution >= 0.6 is 0 Å². The van der Waals surface area contributed by atoms with E-state index in [1.165, 1.54) is 6.42 Å². The van der Waals surface area contributed by atoms with Gasteiger partial charge in [-0.15, -0.1) is 0 Å². The first kappa shape index (κ1) is 17.7. The number of amides is 1. The Hall–Kier alpha value is -0.660. The number of hydrogen-bond donors (Lipinski definition) is 1. The lowest BCUT2D eigenvalue weighted by molar-refractivity contribution is -0.123. The summed E-state index contributed by atoms with van der Waals surface area (Å²) in [5, 5.41) is 2.92. The number of piperidine rings is 1. The topological polar surface area (TPSA) is 75.7 Å². The fourth-order valence-corrected chi connectivity index (χ4v) is 5.20. The zero-order chi connectivity index (χ0) is 16.2. The molecule has 2 saturated heterocycles. The van der Waals surface area contributed by atoms with Gasteiger partial charge in [0.05, 0.1) is 30.3 Å². The van der Waals surface area contributed by atoms with Crippen LogP contribution in [0.25, 0.3) is 0 Å². The van der Waals surface area contributed by atoms with Crippen molar-refractivity contribution in [3.63, 3.8) is 0 Å². The summed E-state index contributed by atoms with van der Waals surface area (Å²) in [7, 11) is -3.06. The molecular weight excluding hydrogens is 304 g/mol. The van der Waals surface area contributed by atoms with Crippen molar-refractivity contribution in [1.29, 1.82) is 0 Å². The van der Waals surface area contributed by atoms with Gasteiger partial charge in [-0.2, -0.15) is 0 Å². The maximum atomic E-state index is 12.0. The molecule has 1 N–H and O–H groups in total. The summed E-state index contributed by atoms with van der Waals surface area (Å²) in [5.74, 6) is 0.107. The Kier molecular flexibility index (Phi) is 6.23. The maximum Gasteiger partial charge on any atom is 0.222 e. The summed E-state index contributed by atoms with van der Waals surface area (Å²) in [4.78, 5) is 14.3. The van der Waals surface area contributed by atoms with Crippen molar-refractivity contribution >= 4 is 15.7 Å². The van der Waals surface area contributed by atoms with Crippen LogP contribution in [0.5, 0.6) is 0 Å². The SMILES string of the molecule is CC(C)OCCC(=O)N[C@@H]1CS(=O)(=O)C[C@H]1N1CCCCC1. The average molecular weight is 332 g/mol. The minimum atomic E-state index is -3.06. The fourth-order valence-electron chi connectivity index (χ4n) is 3.24. The normalized spacial score (nSPS) is 28.9. The molecule has 0 aliphatic carbocycles. The third kappa shape index (κ3) is 5.21. The molecule has 0 bridgehead atoms. The van der Waals surface area contributed by atoms with Crippen LogP contribution in [-0.2, 0) is 19.4 Å². The van der Waals surface area contributed by atoms with Crippen LogP contribution in [0.1, 0.15) is 39.5 Å². The second kappa shape index (κ2) is 7.75. The summed E-state index contributed by atoms with van der Waals surface area (Å²) in [6, 6.07) is -0.352. The van der Waals surface area contributed by atoms with Gasteiger partial charge in [-0.25, -0.2) is 8.42 Å². The molecule has 2 heterocycles. The third-order valence-electron chi connectivity index (χ3n) is 4.31. The van der Waals surface area contributed by atoms with Crippen molar-refractivity contribution in [3.8, 4) is 0 Å². The quantitative estimate of drug-likeness (QED) is 0.769. The molecule has 6 nitrogen and oxygen atoms in total. The molecule has 2 aliphatic rings. The molecule has 0 saturated carbocycles. The lowest BCUT2D eigenvalue weighted by Gasteiger charge is -2.35. The Morgan fingerprint density at radius 2 is 1.91 bits per heavy atom. The summed E-state index contributed by atoms with van der Waals surface area (Å²) < 4.78 is 29.3. The Labute approximate surface area is 133 Å². The number of nitrogens with zero attached hydrogens (tertiary/aromatic N) is 1. The predicted octanol–water partition coefficient (Wildman–Crippen LogP) is 0.569. The molecule has 0 unspecified atom stereocenters. The average Bonchev–Trinajstić information content (AvgIpc) is 2.74. The van der Waals surface area contributed by atoms with Gasteiger partial charge in [-0.05, 0) is 39.8 Å². The largest absolute Gasteiger partial charge is 0.378 e. The van der Waals surface area contributed by atoms with Gasteiger partial charge in [-0.3, -0.25) is 9.69 Å². The highest BCUT2D eigenvalue weighted by Crippen LogP contribution is 2.22. The molecule has 7 heteroatoms. The first-order valence-corrected chi connectivity index (χ1v) is 10.0. The Bertz CT molecular complexity index is 472. The third-order valence-corrected chi connectivity index (χ3v) is 6.03. The van der Waals surface area contributed by atoms with E-state index in [9.17, 15) is 13.2 Å². The maximum absolute atomic E-state index is 12.0. The molecule has 0 radical (unpaired) electrons. The molecule has 0 aromatic rings. The number of ether oxygens (including phenoxy) is 1. The summed E-state index contributed by atoms with van der Waals surface area (Å²) in [5.41, 5.74) is 0. The first-order valence-electron chi connectivity index (χ1n) is 8.23. The van der Waals surface area contributed by atoms with Crippen molar-refractivity contribution in [3.05, 3.63) is 0 Å². The number of sulfone groups is 1. The van der Waals surface area contributed by atoms with E-state index < -0.39 is 9.84 Å². The summed E-state index contributed by atoms with van der Waals surface area (Å²) in [6.07, 6.45) is 3.81. The second-order valence-electron chi connectivity index (χ2n) is 6.58. The Balaban J connectivity index is 1.90. The van der Waals surface area contributed by atoms with Crippen LogP contribution in [0.2, 0.25) is 0 Å². The molecule has 22 heavy (non-hydrogen) atoms. The van der Waals surface area contributed by atoms with E-state index in [1.54, 1.807) is 0 Å². The van der Waals surface area contributed by atoms with Crippen LogP contribution in [0.3, 0.4) is 0 Å². The van der Waals surface area contributed by atoms with Crippen molar-refractivity contribution in [2.75, 3.05) is 31.2 Å². The molecule has 2 rings (SSSR count). The lowest BCUT2D eigenvalue weighted by atomic mass is 10.0. The van der Waals surface area contributed by atoms with E-state index in [4.69, 9.17) is 4.74 Å². The Morgan fingerprint density at radius 3 is 2.55 bits per heavy atom. The van der Waals surface area contributed by atoms with Gasteiger partial charge in [0.15, 0.2) is 9.84 Å². The van der Waals surface area contributed by atoms with Gasteiger partial charge in [-0.1, -0.05) is 6.42 Å². The standard InChI is InChI=1S/C15H28N2O4S/c1-12(2)21-9-6-15(18)16-13-10-22(19,20)11-14(13)17-7-4-3-5-8-17/h12-14H,3-11H2,1-2H3,(H,16,18)/t13-,14-/m1/s1. The molecule has 1 amide bonds. The molecule has 128 valence electrons. The van der Waals surface area contributed by atoms with Crippen LogP contribution in [0, 0.1) is 0 Å². The van der Waals surface area contributed by atoms with Crippen molar-refractivity contribution < 1.29 is 17.9 Å².